The van der Waals surface area contributed by atoms with Gasteiger partial charge in [-0.3, -0.25) is 4.79 Å². The molecule has 3 aliphatic rings. The van der Waals surface area contributed by atoms with Crippen LogP contribution in [0.25, 0.3) is 0 Å². The van der Waals surface area contributed by atoms with Crippen molar-refractivity contribution >= 4 is 5.91 Å². The van der Waals surface area contributed by atoms with Crippen molar-refractivity contribution in [3.8, 4) is 0 Å². The van der Waals surface area contributed by atoms with Crippen molar-refractivity contribution in [2.75, 3.05) is 19.6 Å². The Hall–Kier alpha value is -0.610. The molecule has 0 spiro atoms. The first-order valence-corrected chi connectivity index (χ1v) is 7.49. The van der Waals surface area contributed by atoms with E-state index >= 15 is 0 Å². The molecule has 2 saturated carbocycles. The lowest BCUT2D eigenvalue weighted by atomic mass is 9.97. The molecule has 1 atom stereocenters. The molecule has 1 unspecified atom stereocenters. The predicted molar refractivity (Wildman–Crippen MR) is 71.1 cm³/mol. The molecular weight excluding hydrogens is 226 g/mol. The van der Waals surface area contributed by atoms with E-state index in [1.54, 1.807) is 0 Å². The van der Waals surface area contributed by atoms with Gasteiger partial charge in [0.25, 0.3) is 0 Å². The van der Waals surface area contributed by atoms with E-state index in [-0.39, 0.29) is 5.91 Å². The van der Waals surface area contributed by atoms with Crippen molar-refractivity contribution < 1.29 is 4.79 Å². The SMILES string of the molecule is NC1(C(=O)NCC2CCN(C3CC3)C2)CCCC1. The van der Waals surface area contributed by atoms with Crippen LogP contribution in [0.15, 0.2) is 0 Å². The molecule has 4 heteroatoms. The number of nitrogens with one attached hydrogen (secondary N) is 1. The maximum atomic E-state index is 12.1. The molecule has 0 aromatic carbocycles. The normalized spacial score (nSPS) is 31.7. The Balaban J connectivity index is 1.42. The number of hydrogen-bond donors (Lipinski definition) is 2. The molecule has 1 aliphatic heterocycles. The van der Waals surface area contributed by atoms with E-state index in [2.05, 4.69) is 10.2 Å². The van der Waals surface area contributed by atoms with Crippen molar-refractivity contribution in [1.82, 2.24) is 10.2 Å². The summed E-state index contributed by atoms with van der Waals surface area (Å²) in [6, 6.07) is 0.862. The van der Waals surface area contributed by atoms with Crippen LogP contribution in [0.4, 0.5) is 0 Å². The zero-order valence-corrected chi connectivity index (χ0v) is 11.2. The van der Waals surface area contributed by atoms with E-state index in [9.17, 15) is 4.79 Å². The largest absolute Gasteiger partial charge is 0.354 e. The fourth-order valence-electron chi connectivity index (χ4n) is 3.45. The Labute approximate surface area is 109 Å². The molecule has 18 heavy (non-hydrogen) atoms. The summed E-state index contributed by atoms with van der Waals surface area (Å²) in [6.07, 6.45) is 7.91. The van der Waals surface area contributed by atoms with Crippen LogP contribution in [0, 0.1) is 5.92 Å². The monoisotopic (exact) mass is 251 g/mol. The molecule has 4 nitrogen and oxygen atoms in total. The van der Waals surface area contributed by atoms with Gasteiger partial charge in [0.2, 0.25) is 5.91 Å². The van der Waals surface area contributed by atoms with Crippen molar-refractivity contribution in [3.63, 3.8) is 0 Å². The smallest absolute Gasteiger partial charge is 0.240 e. The van der Waals surface area contributed by atoms with Crippen molar-refractivity contribution in [2.45, 2.75) is 56.5 Å². The van der Waals surface area contributed by atoms with Crippen LogP contribution in [0.5, 0.6) is 0 Å². The summed E-state index contributed by atoms with van der Waals surface area (Å²) in [4.78, 5) is 14.7. The molecule has 0 radical (unpaired) electrons. The quantitative estimate of drug-likeness (QED) is 0.779. The summed E-state index contributed by atoms with van der Waals surface area (Å²) in [6.45, 7) is 3.21. The highest BCUT2D eigenvalue weighted by Gasteiger charge is 2.38. The molecule has 2 aliphatic carbocycles. The Morgan fingerprint density at radius 2 is 2.00 bits per heavy atom. The van der Waals surface area contributed by atoms with Crippen LogP contribution in [0.1, 0.15) is 44.9 Å². The van der Waals surface area contributed by atoms with Crippen LogP contribution < -0.4 is 11.1 Å². The van der Waals surface area contributed by atoms with Crippen LogP contribution >= 0.6 is 0 Å². The summed E-state index contributed by atoms with van der Waals surface area (Å²) in [5.74, 6) is 0.726. The number of carbonyl (C=O) groups excluding carboxylic acids is 1. The van der Waals surface area contributed by atoms with Gasteiger partial charge in [-0.25, -0.2) is 0 Å². The number of rotatable bonds is 4. The Morgan fingerprint density at radius 3 is 2.67 bits per heavy atom. The van der Waals surface area contributed by atoms with Gasteiger partial charge in [-0.2, -0.15) is 0 Å². The van der Waals surface area contributed by atoms with E-state index in [0.717, 1.165) is 38.3 Å². The van der Waals surface area contributed by atoms with Crippen molar-refractivity contribution in [1.29, 1.82) is 0 Å². The number of likely N-dealkylation sites (tertiary alicyclic amines) is 1. The third-order valence-electron chi connectivity index (χ3n) is 4.88. The summed E-state index contributed by atoms with van der Waals surface area (Å²) in [5.41, 5.74) is 5.59. The Kier molecular flexibility index (Phi) is 3.32. The molecule has 0 aromatic heterocycles. The summed E-state index contributed by atoms with van der Waals surface area (Å²) >= 11 is 0. The number of nitrogens with two attached hydrogens (primary N) is 1. The average Bonchev–Trinajstić information content (AvgIpc) is 2.94. The maximum Gasteiger partial charge on any atom is 0.240 e. The van der Waals surface area contributed by atoms with Gasteiger partial charge in [0.15, 0.2) is 0 Å². The fraction of sp³-hybridized carbons (Fsp3) is 0.929. The molecule has 3 fully saturated rings. The van der Waals surface area contributed by atoms with E-state index in [4.69, 9.17) is 5.73 Å². The first kappa shape index (κ1) is 12.4. The van der Waals surface area contributed by atoms with Gasteiger partial charge in [-0.05, 0) is 44.6 Å². The predicted octanol–water partition coefficient (Wildman–Crippen LogP) is 0.858. The third kappa shape index (κ3) is 2.54. The van der Waals surface area contributed by atoms with Gasteiger partial charge in [-0.15, -0.1) is 0 Å². The minimum Gasteiger partial charge on any atom is -0.354 e. The van der Waals surface area contributed by atoms with Gasteiger partial charge in [-0.1, -0.05) is 12.8 Å². The summed E-state index contributed by atoms with van der Waals surface area (Å²) in [7, 11) is 0. The van der Waals surface area contributed by atoms with Crippen LogP contribution in [0.2, 0.25) is 0 Å². The van der Waals surface area contributed by atoms with E-state index in [1.807, 2.05) is 0 Å². The van der Waals surface area contributed by atoms with Crippen LogP contribution in [0.3, 0.4) is 0 Å². The van der Waals surface area contributed by atoms with Crippen molar-refractivity contribution in [3.05, 3.63) is 0 Å². The summed E-state index contributed by atoms with van der Waals surface area (Å²) in [5, 5.41) is 3.10. The van der Waals surface area contributed by atoms with Gasteiger partial charge in [0, 0.05) is 19.1 Å². The number of carbonyl (C=O) groups is 1. The number of hydrogen-bond acceptors (Lipinski definition) is 3. The highest BCUT2D eigenvalue weighted by atomic mass is 16.2. The van der Waals surface area contributed by atoms with Gasteiger partial charge in [0.05, 0.1) is 5.54 Å². The first-order chi connectivity index (χ1) is 8.67. The van der Waals surface area contributed by atoms with Gasteiger partial charge in [0.1, 0.15) is 0 Å². The van der Waals surface area contributed by atoms with Gasteiger partial charge < -0.3 is 16.0 Å². The third-order valence-corrected chi connectivity index (χ3v) is 4.88. The minimum absolute atomic E-state index is 0.0878. The standard InChI is InChI=1S/C14H25N3O/c15-14(6-1-2-7-14)13(18)16-9-11-5-8-17(10-11)12-3-4-12/h11-12H,1-10,15H2,(H,16,18). The molecule has 0 bridgehead atoms. The van der Waals surface area contributed by atoms with E-state index < -0.39 is 5.54 Å². The number of amides is 1. The maximum absolute atomic E-state index is 12.1. The molecular formula is C14H25N3O. The highest BCUT2D eigenvalue weighted by molar-refractivity contribution is 5.86. The molecule has 3 rings (SSSR count). The molecule has 3 N–H and O–H groups in total. The highest BCUT2D eigenvalue weighted by Crippen LogP contribution is 2.31. The molecule has 1 saturated heterocycles. The second-order valence-corrected chi connectivity index (χ2v) is 6.45. The molecule has 1 amide bonds. The molecule has 102 valence electrons. The zero-order chi connectivity index (χ0) is 12.6. The van der Waals surface area contributed by atoms with E-state index in [0.29, 0.717) is 5.92 Å². The Morgan fingerprint density at radius 1 is 1.28 bits per heavy atom. The zero-order valence-electron chi connectivity index (χ0n) is 11.2. The second-order valence-electron chi connectivity index (χ2n) is 6.45. The topological polar surface area (TPSA) is 58.4 Å². The van der Waals surface area contributed by atoms with Crippen LogP contribution in [-0.2, 0) is 4.79 Å². The average molecular weight is 251 g/mol. The lowest BCUT2D eigenvalue weighted by Crippen LogP contribution is -2.52. The fourth-order valence-corrected chi connectivity index (χ4v) is 3.45. The Bertz CT molecular complexity index is 321. The number of nitrogens with zero attached hydrogens (tertiary/aromatic N) is 1. The van der Waals surface area contributed by atoms with Gasteiger partial charge >= 0.3 is 0 Å². The van der Waals surface area contributed by atoms with E-state index in [1.165, 1.54) is 32.4 Å². The molecule has 1 heterocycles. The molecule has 0 aromatic rings. The van der Waals surface area contributed by atoms with Crippen molar-refractivity contribution in [2.24, 2.45) is 11.7 Å². The second kappa shape index (κ2) is 4.82. The van der Waals surface area contributed by atoms with Crippen LogP contribution in [-0.4, -0.2) is 42.0 Å². The lowest BCUT2D eigenvalue weighted by Gasteiger charge is -2.23. The lowest BCUT2D eigenvalue weighted by molar-refractivity contribution is -0.126. The minimum atomic E-state index is -0.561. The summed E-state index contributed by atoms with van der Waals surface area (Å²) < 4.78 is 0. The first-order valence-electron chi connectivity index (χ1n) is 7.49.